The summed E-state index contributed by atoms with van der Waals surface area (Å²) in [6.45, 7) is 0.581. The molecule has 1 aliphatic rings. The fraction of sp³-hybridized carbons (Fsp3) is 0.227. The Balaban J connectivity index is 1.72. The molecule has 7 heteroatoms. The number of alkyl halides is 3. The molecular formula is C22H18F3NO3. The summed E-state index contributed by atoms with van der Waals surface area (Å²) in [4.78, 5) is 4.58. The summed E-state index contributed by atoms with van der Waals surface area (Å²) in [6.07, 6.45) is -3.66. The van der Waals surface area contributed by atoms with Gasteiger partial charge in [0.1, 0.15) is 11.5 Å². The van der Waals surface area contributed by atoms with Crippen LogP contribution in [0.15, 0.2) is 57.9 Å². The highest BCUT2D eigenvalue weighted by Crippen LogP contribution is 2.36. The predicted molar refractivity (Wildman–Crippen MR) is 103 cm³/mol. The summed E-state index contributed by atoms with van der Waals surface area (Å²) in [7, 11) is 3.14. The molecule has 0 atom stereocenters. The zero-order chi connectivity index (χ0) is 20.6. The molecule has 3 aromatic rings. The van der Waals surface area contributed by atoms with Crippen molar-refractivity contribution < 1.29 is 27.1 Å². The van der Waals surface area contributed by atoms with Gasteiger partial charge in [0, 0.05) is 17.7 Å². The van der Waals surface area contributed by atoms with Crippen molar-refractivity contribution in [1.29, 1.82) is 0 Å². The van der Waals surface area contributed by atoms with Crippen LogP contribution in [0.25, 0.3) is 11.3 Å². The molecule has 4 rings (SSSR count). The monoisotopic (exact) mass is 401 g/mol. The summed E-state index contributed by atoms with van der Waals surface area (Å²) in [5.41, 5.74) is 2.19. The Labute approximate surface area is 165 Å². The van der Waals surface area contributed by atoms with E-state index in [1.54, 1.807) is 32.4 Å². The van der Waals surface area contributed by atoms with E-state index in [4.69, 9.17) is 13.9 Å². The smallest absolute Gasteiger partial charge is 0.416 e. The number of benzene rings is 2. The van der Waals surface area contributed by atoms with Gasteiger partial charge in [0.15, 0.2) is 17.3 Å². The highest BCUT2D eigenvalue weighted by molar-refractivity contribution is 6.13. The molecule has 0 radical (unpaired) electrons. The van der Waals surface area contributed by atoms with Gasteiger partial charge in [0.25, 0.3) is 0 Å². The summed E-state index contributed by atoms with van der Waals surface area (Å²) < 4.78 is 55.7. The molecule has 0 fully saturated rings. The van der Waals surface area contributed by atoms with Crippen LogP contribution in [0.2, 0.25) is 0 Å². The van der Waals surface area contributed by atoms with Crippen LogP contribution in [-0.4, -0.2) is 26.5 Å². The van der Waals surface area contributed by atoms with Crippen LogP contribution in [0.5, 0.6) is 11.5 Å². The van der Waals surface area contributed by atoms with E-state index in [1.807, 2.05) is 12.1 Å². The minimum atomic E-state index is -4.41. The van der Waals surface area contributed by atoms with Crippen LogP contribution < -0.4 is 9.47 Å². The molecule has 0 amide bonds. The van der Waals surface area contributed by atoms with Gasteiger partial charge in [-0.3, -0.25) is 4.99 Å². The van der Waals surface area contributed by atoms with Gasteiger partial charge in [-0.25, -0.2) is 0 Å². The number of rotatable bonds is 4. The van der Waals surface area contributed by atoms with Gasteiger partial charge in [-0.2, -0.15) is 13.2 Å². The zero-order valence-corrected chi connectivity index (χ0v) is 15.8. The molecule has 0 bridgehead atoms. The molecule has 0 spiro atoms. The molecule has 1 aliphatic heterocycles. The van der Waals surface area contributed by atoms with Crippen LogP contribution in [0.1, 0.15) is 22.5 Å². The number of hydrogen-bond acceptors (Lipinski definition) is 4. The minimum Gasteiger partial charge on any atom is -0.493 e. The van der Waals surface area contributed by atoms with Crippen LogP contribution in [0, 0.1) is 0 Å². The number of aliphatic imine (C=N–C) groups is 1. The highest BCUT2D eigenvalue weighted by atomic mass is 19.4. The SMILES string of the molecule is COc1cc2c(cc1OC)C(c1ccc(-c3cccc(C(F)(F)F)c3)o1)=NCC2. The maximum Gasteiger partial charge on any atom is 0.416 e. The third kappa shape index (κ3) is 3.60. The van der Waals surface area contributed by atoms with E-state index in [-0.39, 0.29) is 0 Å². The fourth-order valence-electron chi connectivity index (χ4n) is 3.40. The third-order valence-electron chi connectivity index (χ3n) is 4.83. The topological polar surface area (TPSA) is 44.0 Å². The largest absolute Gasteiger partial charge is 0.493 e. The summed E-state index contributed by atoms with van der Waals surface area (Å²) in [5, 5.41) is 0. The third-order valence-corrected chi connectivity index (χ3v) is 4.83. The van der Waals surface area contributed by atoms with E-state index >= 15 is 0 Å². The molecule has 2 heterocycles. The number of hydrogen-bond donors (Lipinski definition) is 0. The van der Waals surface area contributed by atoms with Crippen molar-refractivity contribution in [2.75, 3.05) is 20.8 Å². The van der Waals surface area contributed by atoms with Crippen molar-refractivity contribution >= 4 is 5.71 Å². The zero-order valence-electron chi connectivity index (χ0n) is 15.8. The Morgan fingerprint density at radius 2 is 1.66 bits per heavy atom. The minimum absolute atomic E-state index is 0.349. The van der Waals surface area contributed by atoms with Crippen molar-refractivity contribution in [2.45, 2.75) is 12.6 Å². The van der Waals surface area contributed by atoms with Crippen LogP contribution >= 0.6 is 0 Å². The Morgan fingerprint density at radius 3 is 2.38 bits per heavy atom. The highest BCUT2D eigenvalue weighted by Gasteiger charge is 2.30. The molecule has 150 valence electrons. The lowest BCUT2D eigenvalue weighted by Crippen LogP contribution is -2.14. The quantitative estimate of drug-likeness (QED) is 0.590. The van der Waals surface area contributed by atoms with Gasteiger partial charge in [-0.1, -0.05) is 12.1 Å². The molecule has 0 saturated carbocycles. The van der Waals surface area contributed by atoms with E-state index in [2.05, 4.69) is 4.99 Å². The number of nitrogens with zero attached hydrogens (tertiary/aromatic N) is 1. The van der Waals surface area contributed by atoms with E-state index in [1.165, 1.54) is 6.07 Å². The van der Waals surface area contributed by atoms with Crippen molar-refractivity contribution in [2.24, 2.45) is 4.99 Å². The van der Waals surface area contributed by atoms with Crippen LogP contribution in [-0.2, 0) is 12.6 Å². The average Bonchev–Trinajstić information content (AvgIpc) is 3.21. The lowest BCUT2D eigenvalue weighted by Gasteiger charge is -2.18. The molecule has 0 saturated heterocycles. The van der Waals surface area contributed by atoms with Gasteiger partial charge in [-0.15, -0.1) is 0 Å². The second-order valence-electron chi connectivity index (χ2n) is 6.59. The molecule has 0 aliphatic carbocycles. The predicted octanol–water partition coefficient (Wildman–Crippen LogP) is 5.38. The Morgan fingerprint density at radius 1 is 0.931 bits per heavy atom. The Bertz CT molecular complexity index is 1080. The molecule has 0 unspecified atom stereocenters. The van der Waals surface area contributed by atoms with Gasteiger partial charge < -0.3 is 13.9 Å². The fourth-order valence-corrected chi connectivity index (χ4v) is 3.40. The van der Waals surface area contributed by atoms with E-state index in [9.17, 15) is 13.2 Å². The summed E-state index contributed by atoms with van der Waals surface area (Å²) in [6, 6.07) is 12.2. The Hall–Kier alpha value is -3.22. The number of halogens is 3. The summed E-state index contributed by atoms with van der Waals surface area (Å²) >= 11 is 0. The first-order chi connectivity index (χ1) is 13.9. The molecule has 1 aromatic heterocycles. The first-order valence-corrected chi connectivity index (χ1v) is 8.98. The number of fused-ring (bicyclic) bond motifs is 1. The molecule has 4 nitrogen and oxygen atoms in total. The maximum absolute atomic E-state index is 13.0. The van der Waals surface area contributed by atoms with E-state index in [0.29, 0.717) is 40.8 Å². The van der Waals surface area contributed by atoms with Crippen LogP contribution in [0.3, 0.4) is 0 Å². The van der Waals surface area contributed by atoms with Crippen molar-refractivity contribution in [3.8, 4) is 22.8 Å². The second kappa shape index (κ2) is 7.31. The second-order valence-corrected chi connectivity index (χ2v) is 6.59. The van der Waals surface area contributed by atoms with Gasteiger partial charge in [-0.05, 0) is 48.4 Å². The number of furan rings is 1. The van der Waals surface area contributed by atoms with Gasteiger partial charge in [0.2, 0.25) is 0 Å². The maximum atomic E-state index is 13.0. The first-order valence-electron chi connectivity index (χ1n) is 8.98. The van der Waals surface area contributed by atoms with Gasteiger partial charge >= 0.3 is 6.18 Å². The van der Waals surface area contributed by atoms with E-state index < -0.39 is 11.7 Å². The number of ether oxygens (including phenoxy) is 2. The molecule has 2 aromatic carbocycles. The standard InChI is InChI=1S/C22H18F3NO3/c1-27-19-11-13-8-9-26-21(16(13)12-20(19)28-2)18-7-6-17(29-18)14-4-3-5-15(10-14)22(23,24)25/h3-7,10-12H,8-9H2,1-2H3. The molecule has 0 N–H and O–H groups in total. The first kappa shape index (κ1) is 19.1. The Kier molecular flexibility index (Phi) is 4.82. The van der Waals surface area contributed by atoms with Crippen molar-refractivity contribution in [3.05, 3.63) is 71.0 Å². The van der Waals surface area contributed by atoms with Crippen molar-refractivity contribution in [1.82, 2.24) is 0 Å². The van der Waals surface area contributed by atoms with E-state index in [0.717, 1.165) is 29.7 Å². The lowest BCUT2D eigenvalue weighted by molar-refractivity contribution is -0.137. The average molecular weight is 401 g/mol. The molecule has 29 heavy (non-hydrogen) atoms. The summed E-state index contributed by atoms with van der Waals surface area (Å²) in [5.74, 6) is 2.05. The lowest BCUT2D eigenvalue weighted by atomic mass is 9.95. The van der Waals surface area contributed by atoms with Crippen LogP contribution in [0.4, 0.5) is 13.2 Å². The molecular weight excluding hydrogens is 383 g/mol. The normalized spacial score (nSPS) is 13.6. The number of methoxy groups -OCH3 is 2. The van der Waals surface area contributed by atoms with Crippen molar-refractivity contribution in [3.63, 3.8) is 0 Å². The van der Waals surface area contributed by atoms with Gasteiger partial charge in [0.05, 0.1) is 19.8 Å².